The van der Waals surface area contributed by atoms with E-state index in [9.17, 15) is 9.59 Å². The number of carbonyl (C=O) groups is 2. The van der Waals surface area contributed by atoms with Crippen molar-refractivity contribution in [2.75, 3.05) is 17.2 Å². The van der Waals surface area contributed by atoms with Gasteiger partial charge in [-0.25, -0.2) is 0 Å². The van der Waals surface area contributed by atoms with Gasteiger partial charge in [-0.15, -0.1) is 0 Å². The summed E-state index contributed by atoms with van der Waals surface area (Å²) < 4.78 is 3.86. The molecule has 7 nitrogen and oxygen atoms in total. The van der Waals surface area contributed by atoms with Crippen LogP contribution in [0.15, 0.2) is 47.6 Å². The molecule has 0 saturated heterocycles. The van der Waals surface area contributed by atoms with Crippen LogP contribution in [0.1, 0.15) is 17.0 Å². The van der Waals surface area contributed by atoms with Crippen LogP contribution in [-0.4, -0.2) is 38.5 Å². The highest BCUT2D eigenvalue weighted by Gasteiger charge is 2.25. The summed E-state index contributed by atoms with van der Waals surface area (Å²) in [5, 5.41) is 8.33. The Morgan fingerprint density at radius 2 is 1.93 bits per heavy atom. The van der Waals surface area contributed by atoms with Crippen LogP contribution < -0.4 is 10.2 Å². The minimum absolute atomic E-state index is 0.0225. The molecular formula is C21H23N5O2S. The van der Waals surface area contributed by atoms with Gasteiger partial charge in [-0.05, 0) is 38.1 Å². The van der Waals surface area contributed by atoms with Crippen LogP contribution in [0, 0.1) is 13.8 Å². The van der Waals surface area contributed by atoms with Gasteiger partial charge >= 0.3 is 0 Å². The van der Waals surface area contributed by atoms with Crippen LogP contribution in [0.25, 0.3) is 5.69 Å². The maximum atomic E-state index is 12.9. The van der Waals surface area contributed by atoms with Gasteiger partial charge in [0.15, 0.2) is 0 Å². The van der Waals surface area contributed by atoms with Gasteiger partial charge in [0, 0.05) is 31.0 Å². The first kappa shape index (κ1) is 19.3. The molecule has 0 spiro atoms. The van der Waals surface area contributed by atoms with E-state index in [0.29, 0.717) is 6.54 Å². The molecule has 1 aliphatic heterocycles. The van der Waals surface area contributed by atoms with Crippen molar-refractivity contribution in [1.82, 2.24) is 19.7 Å². The van der Waals surface area contributed by atoms with E-state index in [0.717, 1.165) is 33.4 Å². The van der Waals surface area contributed by atoms with E-state index in [1.165, 1.54) is 11.8 Å². The fourth-order valence-electron chi connectivity index (χ4n) is 3.56. The predicted molar refractivity (Wildman–Crippen MR) is 113 cm³/mol. The zero-order valence-corrected chi connectivity index (χ0v) is 17.5. The van der Waals surface area contributed by atoms with Crippen molar-refractivity contribution < 1.29 is 9.59 Å². The van der Waals surface area contributed by atoms with Gasteiger partial charge in [0.2, 0.25) is 11.8 Å². The molecule has 0 fully saturated rings. The number of rotatable bonds is 4. The van der Waals surface area contributed by atoms with E-state index >= 15 is 0 Å². The molecule has 150 valence electrons. The number of aryl methyl sites for hydroxylation is 2. The van der Waals surface area contributed by atoms with E-state index in [-0.39, 0.29) is 24.1 Å². The largest absolute Gasteiger partial charge is 0.350 e. The van der Waals surface area contributed by atoms with Gasteiger partial charge in [0.1, 0.15) is 6.54 Å². The number of benzene rings is 1. The molecule has 1 N–H and O–H groups in total. The summed E-state index contributed by atoms with van der Waals surface area (Å²) in [6.45, 7) is 4.28. The molecule has 0 aliphatic carbocycles. The lowest BCUT2D eigenvalue weighted by atomic mass is 10.2. The zero-order valence-electron chi connectivity index (χ0n) is 16.7. The van der Waals surface area contributed by atoms with Crippen molar-refractivity contribution in [3.05, 3.63) is 59.5 Å². The normalized spacial score (nSPS) is 13.5. The Balaban J connectivity index is 1.56. The number of fused-ring (bicyclic) bond motifs is 3. The van der Waals surface area contributed by atoms with E-state index in [1.807, 2.05) is 63.5 Å². The Kier molecular flexibility index (Phi) is 5.19. The highest BCUT2D eigenvalue weighted by atomic mass is 32.2. The third kappa shape index (κ3) is 3.67. The van der Waals surface area contributed by atoms with Crippen LogP contribution in [-0.2, 0) is 23.2 Å². The molecule has 4 rings (SSSR count). The number of carbonyl (C=O) groups excluding carboxylic acids is 2. The molecule has 29 heavy (non-hydrogen) atoms. The van der Waals surface area contributed by atoms with E-state index in [4.69, 9.17) is 0 Å². The Labute approximate surface area is 173 Å². The number of amides is 2. The molecule has 0 bridgehead atoms. The molecule has 1 aliphatic rings. The molecule has 0 unspecified atom stereocenters. The van der Waals surface area contributed by atoms with Gasteiger partial charge in [-0.3, -0.25) is 14.3 Å². The number of thioether (sulfide) groups is 1. The maximum Gasteiger partial charge on any atom is 0.240 e. The van der Waals surface area contributed by atoms with E-state index < -0.39 is 0 Å². The fraction of sp³-hybridized carbons (Fsp3) is 0.286. The minimum atomic E-state index is -0.200. The summed E-state index contributed by atoms with van der Waals surface area (Å²) in [5.41, 5.74) is 4.55. The highest BCUT2D eigenvalue weighted by molar-refractivity contribution is 7.99. The van der Waals surface area contributed by atoms with E-state index in [1.54, 1.807) is 9.58 Å². The maximum absolute atomic E-state index is 12.9. The van der Waals surface area contributed by atoms with E-state index in [2.05, 4.69) is 15.0 Å². The first-order valence-corrected chi connectivity index (χ1v) is 10.4. The second-order valence-electron chi connectivity index (χ2n) is 7.02. The average Bonchev–Trinajstić information content (AvgIpc) is 3.26. The number of hydrogen-bond acceptors (Lipinski definition) is 4. The number of anilines is 1. The second-order valence-corrected chi connectivity index (χ2v) is 8.02. The first-order chi connectivity index (χ1) is 14.0. The van der Waals surface area contributed by atoms with Gasteiger partial charge < -0.3 is 14.8 Å². The molecule has 3 heterocycles. The lowest BCUT2D eigenvalue weighted by Gasteiger charge is -2.27. The lowest BCUT2D eigenvalue weighted by molar-refractivity contribution is -0.123. The Morgan fingerprint density at radius 3 is 2.66 bits per heavy atom. The van der Waals surface area contributed by atoms with Crippen LogP contribution in [0.4, 0.5) is 5.69 Å². The first-order valence-electron chi connectivity index (χ1n) is 9.41. The minimum Gasteiger partial charge on any atom is -0.350 e. The van der Waals surface area contributed by atoms with Crippen LogP contribution >= 0.6 is 11.8 Å². The SMILES string of the molecule is Cc1nn(C)c(C)c1CNC(=O)CN1C(=O)CSc2cccn2-c2ccccc21. The molecular weight excluding hydrogens is 386 g/mol. The van der Waals surface area contributed by atoms with Crippen molar-refractivity contribution in [2.24, 2.45) is 7.05 Å². The van der Waals surface area contributed by atoms with Crippen LogP contribution in [0.3, 0.4) is 0 Å². The van der Waals surface area contributed by atoms with Gasteiger partial charge in [0.25, 0.3) is 0 Å². The number of aromatic nitrogens is 3. The molecule has 1 aromatic carbocycles. The van der Waals surface area contributed by atoms with Crippen LogP contribution in [0.5, 0.6) is 0 Å². The summed E-state index contributed by atoms with van der Waals surface area (Å²) in [4.78, 5) is 27.2. The fourth-order valence-corrected chi connectivity index (χ4v) is 4.46. The van der Waals surface area contributed by atoms with Crippen LogP contribution in [0.2, 0.25) is 0 Å². The number of nitrogens with zero attached hydrogens (tertiary/aromatic N) is 4. The van der Waals surface area contributed by atoms with Crippen molar-refractivity contribution in [1.29, 1.82) is 0 Å². The second kappa shape index (κ2) is 7.79. The summed E-state index contributed by atoms with van der Waals surface area (Å²) in [6.07, 6.45) is 1.98. The quantitative estimate of drug-likeness (QED) is 0.719. The molecule has 8 heteroatoms. The summed E-state index contributed by atoms with van der Waals surface area (Å²) in [6, 6.07) is 11.6. The predicted octanol–water partition coefficient (Wildman–Crippen LogP) is 2.58. The Hall–Kier alpha value is -3.00. The highest BCUT2D eigenvalue weighted by Crippen LogP contribution is 2.32. The number of hydrogen-bond donors (Lipinski definition) is 1. The molecule has 0 radical (unpaired) electrons. The zero-order chi connectivity index (χ0) is 20.5. The van der Waals surface area contributed by atoms with Crippen molar-refractivity contribution >= 4 is 29.3 Å². The average molecular weight is 410 g/mol. The van der Waals surface area contributed by atoms with Crippen molar-refractivity contribution in [3.63, 3.8) is 0 Å². The number of nitrogens with one attached hydrogen (secondary N) is 1. The third-order valence-corrected chi connectivity index (χ3v) is 6.23. The lowest BCUT2D eigenvalue weighted by Crippen LogP contribution is -2.42. The third-order valence-electron chi connectivity index (χ3n) is 5.21. The Morgan fingerprint density at radius 1 is 1.17 bits per heavy atom. The number of para-hydroxylation sites is 2. The van der Waals surface area contributed by atoms with Gasteiger partial charge in [-0.2, -0.15) is 5.10 Å². The summed E-state index contributed by atoms with van der Waals surface area (Å²) in [5.74, 6) is -0.000178. The molecule has 3 aromatic rings. The topological polar surface area (TPSA) is 72.2 Å². The molecule has 2 aromatic heterocycles. The smallest absolute Gasteiger partial charge is 0.240 e. The monoisotopic (exact) mass is 409 g/mol. The molecule has 0 saturated carbocycles. The molecule has 2 amide bonds. The van der Waals surface area contributed by atoms with Gasteiger partial charge in [0.05, 0.1) is 27.8 Å². The standard InChI is InChI=1S/C21H23N5O2S/c1-14-16(15(2)24(3)23-14)11-22-19(27)12-26-18-8-5-4-7-17(18)25-10-6-9-21(25)29-13-20(26)28/h4-10H,11-13H2,1-3H3,(H,22,27). The van der Waals surface area contributed by atoms with Crippen molar-refractivity contribution in [2.45, 2.75) is 25.4 Å². The van der Waals surface area contributed by atoms with Crippen molar-refractivity contribution in [3.8, 4) is 5.69 Å². The summed E-state index contributed by atoms with van der Waals surface area (Å²) >= 11 is 1.48. The van der Waals surface area contributed by atoms with Gasteiger partial charge in [-0.1, -0.05) is 23.9 Å². The molecule has 0 atom stereocenters. The Bertz CT molecular complexity index is 1080. The summed E-state index contributed by atoms with van der Waals surface area (Å²) in [7, 11) is 1.89.